The standard InChI is InChI=1S/C21H24N3O4PS/c1-27-29(26,28-2)20(23)12-14-5-7-15(8-6-14)21(25)24-18-13-16(9-10-17(18)22)19-4-3-11-30-19/h3-11,13,20H,12,22-23H2,1-2H3,(H,24,25). The van der Waals surface area contributed by atoms with Crippen LogP contribution in [0.1, 0.15) is 15.9 Å². The predicted molar refractivity (Wildman–Crippen MR) is 122 cm³/mol. The van der Waals surface area contributed by atoms with Crippen LogP contribution in [0.3, 0.4) is 0 Å². The number of rotatable bonds is 8. The summed E-state index contributed by atoms with van der Waals surface area (Å²) >= 11 is 1.62. The number of hydrogen-bond acceptors (Lipinski definition) is 7. The van der Waals surface area contributed by atoms with E-state index in [-0.39, 0.29) is 12.3 Å². The molecule has 9 heteroatoms. The molecule has 0 saturated carbocycles. The average Bonchev–Trinajstić information content (AvgIpc) is 3.30. The van der Waals surface area contributed by atoms with Crippen molar-refractivity contribution in [1.29, 1.82) is 0 Å². The largest absolute Gasteiger partial charge is 0.397 e. The molecule has 1 heterocycles. The second-order valence-corrected chi connectivity index (χ2v) is 10.0. The maximum absolute atomic E-state index is 12.7. The highest BCUT2D eigenvalue weighted by molar-refractivity contribution is 7.54. The Morgan fingerprint density at radius 2 is 1.83 bits per heavy atom. The van der Waals surface area contributed by atoms with Crippen molar-refractivity contribution >= 4 is 36.2 Å². The third-order valence-corrected chi connectivity index (χ3v) is 7.62. The van der Waals surface area contributed by atoms with Crippen LogP contribution in [0.5, 0.6) is 0 Å². The summed E-state index contributed by atoms with van der Waals surface area (Å²) in [6.45, 7) is 0. The van der Waals surface area contributed by atoms with Crippen molar-refractivity contribution in [2.45, 2.75) is 12.2 Å². The molecule has 3 rings (SSSR count). The highest BCUT2D eigenvalue weighted by atomic mass is 32.1. The summed E-state index contributed by atoms with van der Waals surface area (Å²) in [6, 6.07) is 16.4. The normalized spacial score (nSPS) is 12.5. The number of benzene rings is 2. The SMILES string of the molecule is COP(=O)(OC)C(N)Cc1ccc(C(=O)Nc2cc(-c3cccs3)ccc2N)cc1. The molecule has 1 aromatic heterocycles. The molecule has 158 valence electrons. The van der Waals surface area contributed by atoms with Crippen molar-refractivity contribution in [3.8, 4) is 10.4 Å². The summed E-state index contributed by atoms with van der Waals surface area (Å²) in [5.41, 5.74) is 15.3. The van der Waals surface area contributed by atoms with Crippen LogP contribution in [0, 0.1) is 0 Å². The lowest BCUT2D eigenvalue weighted by Gasteiger charge is -2.20. The first-order valence-electron chi connectivity index (χ1n) is 9.16. The van der Waals surface area contributed by atoms with Crippen LogP contribution < -0.4 is 16.8 Å². The zero-order valence-corrected chi connectivity index (χ0v) is 18.4. The number of nitrogens with two attached hydrogens (primary N) is 2. The Hall–Kier alpha value is -2.48. The first-order valence-corrected chi connectivity index (χ1v) is 11.7. The summed E-state index contributed by atoms with van der Waals surface area (Å²) < 4.78 is 22.2. The average molecular weight is 445 g/mol. The molecule has 1 amide bonds. The number of thiophene rings is 1. The van der Waals surface area contributed by atoms with Crippen LogP contribution in [-0.4, -0.2) is 25.9 Å². The topological polar surface area (TPSA) is 117 Å². The molecular formula is C21H24N3O4PS. The van der Waals surface area contributed by atoms with Gasteiger partial charge in [-0.25, -0.2) is 0 Å². The number of nitrogens with one attached hydrogen (secondary N) is 1. The van der Waals surface area contributed by atoms with Gasteiger partial charge in [0.25, 0.3) is 5.91 Å². The Kier molecular flexibility index (Phi) is 7.07. The summed E-state index contributed by atoms with van der Waals surface area (Å²) in [7, 11) is -0.755. The number of carbonyl (C=O) groups is 1. The first-order chi connectivity index (χ1) is 14.4. The second kappa shape index (κ2) is 9.55. The van der Waals surface area contributed by atoms with Crippen molar-refractivity contribution in [3.05, 3.63) is 71.1 Å². The maximum Gasteiger partial charge on any atom is 0.347 e. The lowest BCUT2D eigenvalue weighted by Crippen LogP contribution is -2.24. The van der Waals surface area contributed by atoms with E-state index in [1.165, 1.54) is 14.2 Å². The smallest absolute Gasteiger partial charge is 0.347 e. The summed E-state index contributed by atoms with van der Waals surface area (Å²) in [5, 5.41) is 4.86. The second-order valence-electron chi connectivity index (χ2n) is 6.61. The van der Waals surface area contributed by atoms with Gasteiger partial charge in [-0.05, 0) is 53.3 Å². The van der Waals surface area contributed by atoms with Crippen LogP contribution in [0.2, 0.25) is 0 Å². The monoisotopic (exact) mass is 445 g/mol. The molecule has 30 heavy (non-hydrogen) atoms. The Morgan fingerprint density at radius 3 is 2.43 bits per heavy atom. The van der Waals surface area contributed by atoms with E-state index in [1.54, 1.807) is 41.7 Å². The van der Waals surface area contributed by atoms with Crippen LogP contribution >= 0.6 is 18.9 Å². The van der Waals surface area contributed by atoms with Gasteiger partial charge in [0.05, 0.1) is 11.4 Å². The van der Waals surface area contributed by atoms with Gasteiger partial charge in [-0.1, -0.05) is 24.3 Å². The molecule has 1 atom stereocenters. The zero-order valence-electron chi connectivity index (χ0n) is 16.7. The lowest BCUT2D eigenvalue weighted by molar-refractivity contribution is 0.102. The van der Waals surface area contributed by atoms with E-state index in [9.17, 15) is 9.36 Å². The molecule has 1 unspecified atom stereocenters. The van der Waals surface area contributed by atoms with E-state index in [0.717, 1.165) is 16.0 Å². The van der Waals surface area contributed by atoms with Gasteiger partial charge in [0.2, 0.25) is 0 Å². The van der Waals surface area contributed by atoms with Crippen LogP contribution in [0.15, 0.2) is 60.0 Å². The van der Waals surface area contributed by atoms with Crippen LogP contribution in [-0.2, 0) is 20.0 Å². The van der Waals surface area contributed by atoms with Gasteiger partial charge in [-0.2, -0.15) is 0 Å². The van der Waals surface area contributed by atoms with Gasteiger partial charge in [0.1, 0.15) is 5.78 Å². The van der Waals surface area contributed by atoms with Gasteiger partial charge in [0.15, 0.2) is 0 Å². The van der Waals surface area contributed by atoms with Crippen molar-refractivity contribution in [1.82, 2.24) is 0 Å². The minimum atomic E-state index is -3.36. The minimum absolute atomic E-state index is 0.277. The Balaban J connectivity index is 1.71. The summed E-state index contributed by atoms with van der Waals surface area (Å²) in [6.07, 6.45) is 0.288. The van der Waals surface area contributed by atoms with Gasteiger partial charge >= 0.3 is 7.60 Å². The Labute approximate surface area is 179 Å². The van der Waals surface area contributed by atoms with Gasteiger partial charge in [-0.3, -0.25) is 9.36 Å². The zero-order chi connectivity index (χ0) is 21.7. The van der Waals surface area contributed by atoms with E-state index in [2.05, 4.69) is 5.32 Å². The first kappa shape index (κ1) is 22.2. The Morgan fingerprint density at radius 1 is 1.13 bits per heavy atom. The predicted octanol–water partition coefficient (Wildman–Crippen LogP) is 4.56. The molecule has 7 nitrogen and oxygen atoms in total. The lowest BCUT2D eigenvalue weighted by atomic mass is 10.1. The number of carbonyl (C=O) groups excluding carboxylic acids is 1. The van der Waals surface area contributed by atoms with Gasteiger partial charge in [-0.15, -0.1) is 11.3 Å². The van der Waals surface area contributed by atoms with Gasteiger partial charge < -0.3 is 25.8 Å². The molecule has 0 aliphatic rings. The molecule has 0 bridgehead atoms. The quantitative estimate of drug-likeness (QED) is 0.346. The molecule has 0 radical (unpaired) electrons. The molecule has 3 aromatic rings. The summed E-state index contributed by atoms with van der Waals surface area (Å²) in [4.78, 5) is 13.8. The third-order valence-electron chi connectivity index (χ3n) is 4.68. The van der Waals surface area contributed by atoms with Crippen molar-refractivity contribution in [2.75, 3.05) is 25.3 Å². The fraction of sp³-hybridized carbons (Fsp3) is 0.190. The van der Waals surface area contributed by atoms with E-state index >= 15 is 0 Å². The van der Waals surface area contributed by atoms with E-state index in [4.69, 9.17) is 20.5 Å². The molecular weight excluding hydrogens is 421 g/mol. The van der Waals surface area contributed by atoms with E-state index in [0.29, 0.717) is 16.9 Å². The number of nitrogen functional groups attached to an aromatic ring is 1. The Bertz CT molecular complexity index is 1050. The summed E-state index contributed by atoms with van der Waals surface area (Å²) in [5.74, 6) is -1.08. The van der Waals surface area contributed by atoms with E-state index in [1.807, 2.05) is 29.6 Å². The molecule has 2 aromatic carbocycles. The van der Waals surface area contributed by atoms with Crippen molar-refractivity contribution in [2.24, 2.45) is 5.73 Å². The highest BCUT2D eigenvalue weighted by Gasteiger charge is 2.30. The van der Waals surface area contributed by atoms with Crippen molar-refractivity contribution in [3.63, 3.8) is 0 Å². The maximum atomic E-state index is 12.7. The molecule has 0 spiro atoms. The number of anilines is 2. The fourth-order valence-electron chi connectivity index (χ4n) is 2.95. The highest BCUT2D eigenvalue weighted by Crippen LogP contribution is 2.50. The molecule has 0 fully saturated rings. The molecule has 0 aliphatic heterocycles. The molecule has 0 aliphatic carbocycles. The van der Waals surface area contributed by atoms with Crippen LogP contribution in [0.4, 0.5) is 11.4 Å². The number of hydrogen-bond donors (Lipinski definition) is 3. The third kappa shape index (κ3) is 4.98. The van der Waals surface area contributed by atoms with E-state index < -0.39 is 13.4 Å². The van der Waals surface area contributed by atoms with Gasteiger partial charge in [0, 0.05) is 24.7 Å². The minimum Gasteiger partial charge on any atom is -0.397 e. The number of amides is 1. The fourth-order valence-corrected chi connectivity index (χ4v) is 4.79. The van der Waals surface area contributed by atoms with Crippen molar-refractivity contribution < 1.29 is 18.4 Å². The molecule has 5 N–H and O–H groups in total. The van der Waals surface area contributed by atoms with Crippen LogP contribution in [0.25, 0.3) is 10.4 Å². The molecule has 0 saturated heterocycles.